The third-order valence-electron chi connectivity index (χ3n) is 1.74. The van der Waals surface area contributed by atoms with Crippen molar-refractivity contribution in [1.82, 2.24) is 12.7 Å². The molecule has 0 saturated carbocycles. The van der Waals surface area contributed by atoms with Crippen LogP contribution in [-0.4, -0.2) is 34.8 Å². The molecule has 0 fully saturated rings. The fourth-order valence-electron chi connectivity index (χ4n) is 0.827. The van der Waals surface area contributed by atoms with Crippen LogP contribution in [0.2, 0.25) is 0 Å². The summed E-state index contributed by atoms with van der Waals surface area (Å²) in [6, 6.07) is 0. The Labute approximate surface area is 91.2 Å². The van der Waals surface area contributed by atoms with E-state index in [1.54, 1.807) is 24.3 Å². The Morgan fingerprint density at radius 3 is 1.31 bits per heavy atom. The van der Waals surface area contributed by atoms with Crippen LogP contribution in [0.25, 0.3) is 0 Å². The molecule has 0 aliphatic carbocycles. The van der Waals surface area contributed by atoms with Crippen LogP contribution >= 0.6 is 24.3 Å². The fourth-order valence-corrected chi connectivity index (χ4v) is 2.32. The molecule has 80 valence electrons. The van der Waals surface area contributed by atoms with Gasteiger partial charge in [0.15, 0.2) is 0 Å². The van der Waals surface area contributed by atoms with E-state index in [9.17, 15) is 0 Å². The van der Waals surface area contributed by atoms with Crippen LogP contribution in [0.15, 0.2) is 0 Å². The Bertz CT molecular complexity index is 93.6. The first-order chi connectivity index (χ1) is 6.28. The molecule has 0 unspecified atom stereocenters. The summed E-state index contributed by atoms with van der Waals surface area (Å²) >= 11 is 3.37. The molecule has 0 aromatic carbocycles. The second-order valence-electron chi connectivity index (χ2n) is 2.49. The Morgan fingerprint density at radius 2 is 1.08 bits per heavy atom. The monoisotopic (exact) mass is 223 g/mol. The molecule has 0 heterocycles. The zero-order valence-electron chi connectivity index (χ0n) is 9.04. The maximum absolute atomic E-state index is 3.27. The molecule has 0 atom stereocenters. The molecule has 0 spiro atoms. The summed E-state index contributed by atoms with van der Waals surface area (Å²) in [5, 5.41) is 0. The summed E-state index contributed by atoms with van der Waals surface area (Å²) in [4.78, 5) is 0. The van der Waals surface area contributed by atoms with Gasteiger partial charge >= 0.3 is 0 Å². The number of nitrogens with one attached hydrogen (secondary N) is 1. The smallest absolute Gasteiger partial charge is 0.0180 e. The highest BCUT2D eigenvalue weighted by atomic mass is 32.2. The minimum absolute atomic E-state index is 1.08. The molecule has 5 heteroatoms. The largest absolute Gasteiger partial charge is 0.237 e. The Balaban J connectivity index is 3.41. The lowest BCUT2D eigenvalue weighted by atomic mass is 10.7. The van der Waals surface area contributed by atoms with Gasteiger partial charge in [0, 0.05) is 50.4 Å². The zero-order chi connectivity index (χ0) is 10.1. The summed E-state index contributed by atoms with van der Waals surface area (Å²) in [6.45, 7) is 13.0. The quantitative estimate of drug-likeness (QED) is 0.635. The molecule has 1 N–H and O–H groups in total. The second kappa shape index (κ2) is 9.15. The van der Waals surface area contributed by atoms with Crippen LogP contribution in [0.4, 0.5) is 0 Å². The lowest BCUT2D eigenvalue weighted by Gasteiger charge is -2.20. The van der Waals surface area contributed by atoms with Crippen molar-refractivity contribution >= 4 is 24.3 Å². The van der Waals surface area contributed by atoms with Crippen LogP contribution in [0, 0.1) is 0 Å². The molecule has 0 rings (SSSR count). The van der Waals surface area contributed by atoms with E-state index in [2.05, 4.69) is 40.4 Å². The molecule has 0 aromatic heterocycles. The first-order valence-electron chi connectivity index (χ1n) is 4.87. The topological polar surface area (TPSA) is 18.5 Å². The molecule has 3 nitrogen and oxygen atoms in total. The van der Waals surface area contributed by atoms with Crippen molar-refractivity contribution < 1.29 is 0 Å². The van der Waals surface area contributed by atoms with Crippen molar-refractivity contribution in [1.29, 1.82) is 0 Å². The fraction of sp³-hybridized carbons (Fsp3) is 1.00. The van der Waals surface area contributed by atoms with Gasteiger partial charge in [0.05, 0.1) is 0 Å². The van der Waals surface area contributed by atoms with Crippen molar-refractivity contribution in [2.24, 2.45) is 0 Å². The van der Waals surface area contributed by atoms with Gasteiger partial charge in [-0.15, -0.1) is 0 Å². The summed E-state index contributed by atoms with van der Waals surface area (Å²) in [6.07, 6.45) is 0. The molecule has 0 amide bonds. The van der Waals surface area contributed by atoms with Crippen molar-refractivity contribution in [3.05, 3.63) is 0 Å². The number of rotatable bonds is 8. The van der Waals surface area contributed by atoms with E-state index in [0.29, 0.717) is 0 Å². The highest BCUT2D eigenvalue weighted by Crippen LogP contribution is 2.12. The Kier molecular flexibility index (Phi) is 9.56. The van der Waals surface area contributed by atoms with Gasteiger partial charge in [0.25, 0.3) is 0 Å². The highest BCUT2D eigenvalue weighted by molar-refractivity contribution is 8.10. The Hall–Kier alpha value is 0.580. The van der Waals surface area contributed by atoms with Crippen LogP contribution in [0.5, 0.6) is 0 Å². The van der Waals surface area contributed by atoms with Gasteiger partial charge in [-0.1, -0.05) is 27.7 Å². The molecule has 0 aromatic rings. The highest BCUT2D eigenvalue weighted by Gasteiger charge is 2.02. The standard InChI is InChI=1S/C8H21N3S2/c1-5-10(6-2)12-9-13-11(7-3)8-4/h9H,5-8H2,1-4H3. The Morgan fingerprint density at radius 1 is 0.769 bits per heavy atom. The van der Waals surface area contributed by atoms with E-state index in [-0.39, 0.29) is 0 Å². The molecule has 13 heavy (non-hydrogen) atoms. The van der Waals surface area contributed by atoms with Gasteiger partial charge in [0.2, 0.25) is 0 Å². The van der Waals surface area contributed by atoms with Gasteiger partial charge in [-0.05, 0) is 0 Å². The van der Waals surface area contributed by atoms with E-state index in [1.807, 2.05) is 0 Å². The predicted octanol–water partition coefficient (Wildman–Crippen LogP) is 2.39. The molecule has 0 radical (unpaired) electrons. The molecule has 0 aliphatic heterocycles. The van der Waals surface area contributed by atoms with Crippen molar-refractivity contribution in [3.63, 3.8) is 0 Å². The number of hydrogen-bond donors (Lipinski definition) is 1. The van der Waals surface area contributed by atoms with E-state index in [0.717, 1.165) is 26.2 Å². The van der Waals surface area contributed by atoms with Crippen molar-refractivity contribution in [3.8, 4) is 0 Å². The third-order valence-corrected chi connectivity index (χ3v) is 3.89. The minimum atomic E-state index is 1.08. The van der Waals surface area contributed by atoms with Crippen molar-refractivity contribution in [2.75, 3.05) is 26.2 Å². The number of nitrogens with zero attached hydrogens (tertiary/aromatic N) is 2. The number of hydrogen-bond acceptors (Lipinski definition) is 5. The molecule has 0 aliphatic rings. The van der Waals surface area contributed by atoms with E-state index >= 15 is 0 Å². The molecular formula is C8H21N3S2. The van der Waals surface area contributed by atoms with Crippen LogP contribution in [0.3, 0.4) is 0 Å². The van der Waals surface area contributed by atoms with Gasteiger partial charge in [-0.25, -0.2) is 8.61 Å². The second-order valence-corrected chi connectivity index (χ2v) is 4.56. The van der Waals surface area contributed by atoms with Gasteiger partial charge in [0.1, 0.15) is 0 Å². The summed E-state index contributed by atoms with van der Waals surface area (Å²) in [5.74, 6) is 0. The average molecular weight is 223 g/mol. The minimum Gasteiger partial charge on any atom is -0.237 e. The van der Waals surface area contributed by atoms with Crippen LogP contribution in [0.1, 0.15) is 27.7 Å². The average Bonchev–Trinajstić information content (AvgIpc) is 2.19. The molecular weight excluding hydrogens is 202 g/mol. The summed E-state index contributed by atoms with van der Waals surface area (Å²) in [7, 11) is 0. The normalized spacial score (nSPS) is 11.5. The van der Waals surface area contributed by atoms with E-state index < -0.39 is 0 Å². The van der Waals surface area contributed by atoms with E-state index in [1.165, 1.54) is 0 Å². The summed E-state index contributed by atoms with van der Waals surface area (Å²) < 4.78 is 7.82. The van der Waals surface area contributed by atoms with Crippen LogP contribution in [-0.2, 0) is 0 Å². The van der Waals surface area contributed by atoms with Gasteiger partial charge < -0.3 is 0 Å². The van der Waals surface area contributed by atoms with Gasteiger partial charge in [-0.3, -0.25) is 0 Å². The van der Waals surface area contributed by atoms with Gasteiger partial charge in [-0.2, -0.15) is 4.13 Å². The first kappa shape index (κ1) is 13.6. The summed E-state index contributed by atoms with van der Waals surface area (Å²) in [5.41, 5.74) is 0. The van der Waals surface area contributed by atoms with Crippen LogP contribution < -0.4 is 4.13 Å². The maximum atomic E-state index is 3.27. The van der Waals surface area contributed by atoms with Crippen molar-refractivity contribution in [2.45, 2.75) is 27.7 Å². The predicted molar refractivity (Wildman–Crippen MR) is 64.2 cm³/mol. The lowest BCUT2D eigenvalue weighted by molar-refractivity contribution is 0.516. The zero-order valence-corrected chi connectivity index (χ0v) is 10.7. The SMILES string of the molecule is CCN(CC)SNSN(CC)CC. The third kappa shape index (κ3) is 6.62. The first-order valence-corrected chi connectivity index (χ1v) is 6.41. The lowest BCUT2D eigenvalue weighted by Crippen LogP contribution is -2.22. The molecule has 0 bridgehead atoms. The van der Waals surface area contributed by atoms with E-state index in [4.69, 9.17) is 0 Å². The maximum Gasteiger partial charge on any atom is 0.0180 e. The molecule has 0 saturated heterocycles.